The quantitative estimate of drug-likeness (QED) is 0.731. The minimum Gasteiger partial charge on any atom is -0.374 e. The highest BCUT2D eigenvalue weighted by Crippen LogP contribution is 2.23. The van der Waals surface area contributed by atoms with Gasteiger partial charge in [0.1, 0.15) is 10.5 Å². The van der Waals surface area contributed by atoms with E-state index in [1.54, 1.807) is 0 Å². The van der Waals surface area contributed by atoms with Crippen LogP contribution in [-0.2, 0) is 16.6 Å². The summed E-state index contributed by atoms with van der Waals surface area (Å²) in [6, 6.07) is 8.17. The molecule has 138 valence electrons. The Hall–Kier alpha value is -1.27. The molecule has 0 saturated carbocycles. The van der Waals surface area contributed by atoms with Gasteiger partial charge < -0.3 is 10.2 Å². The summed E-state index contributed by atoms with van der Waals surface area (Å²) in [7, 11) is 0.874. The molecule has 0 aliphatic carbocycles. The number of thiocarbonyl (C=S) groups is 1. The minimum absolute atomic E-state index is 0.440. The van der Waals surface area contributed by atoms with E-state index in [4.69, 9.17) is 12.2 Å². The maximum absolute atomic E-state index is 12.8. The second-order valence-corrected chi connectivity index (χ2v) is 9.28. The van der Waals surface area contributed by atoms with Gasteiger partial charge in [-0.3, -0.25) is 4.21 Å². The molecule has 1 aromatic carbocycles. The molecule has 1 N–H and O–H groups in total. The van der Waals surface area contributed by atoms with E-state index in [0.717, 1.165) is 30.1 Å². The van der Waals surface area contributed by atoms with E-state index in [1.165, 1.54) is 6.42 Å². The smallest absolute Gasteiger partial charge is 0.193 e. The Balaban J connectivity index is 2.08. The summed E-state index contributed by atoms with van der Waals surface area (Å²) in [5.41, 5.74) is 1.75. The predicted octanol–water partition coefficient (Wildman–Crippen LogP) is 3.87. The number of hydrogen-bond acceptors (Lipinski definition) is 4. The molecule has 1 heterocycles. The summed E-state index contributed by atoms with van der Waals surface area (Å²) >= 11 is 5.28. The van der Waals surface area contributed by atoms with Gasteiger partial charge in [-0.1, -0.05) is 44.3 Å². The van der Waals surface area contributed by atoms with Crippen LogP contribution in [0.15, 0.2) is 29.3 Å². The lowest BCUT2D eigenvalue weighted by molar-refractivity contribution is 0.555. The number of amidine groups is 1. The molecular formula is C19H29N3OS2. The molecule has 1 aliphatic heterocycles. The zero-order valence-corrected chi connectivity index (χ0v) is 17.5. The normalized spacial score (nSPS) is 17.4. The Bertz CT molecular complexity index is 683. The van der Waals surface area contributed by atoms with Crippen molar-refractivity contribution in [3.8, 4) is 0 Å². The van der Waals surface area contributed by atoms with Gasteiger partial charge in [-0.25, -0.2) is 4.99 Å². The highest BCUT2D eigenvalue weighted by molar-refractivity contribution is 8.00. The fourth-order valence-corrected chi connectivity index (χ4v) is 4.18. The van der Waals surface area contributed by atoms with E-state index in [2.05, 4.69) is 42.2 Å². The molecule has 1 unspecified atom stereocenters. The van der Waals surface area contributed by atoms with Gasteiger partial charge >= 0.3 is 0 Å². The van der Waals surface area contributed by atoms with Crippen LogP contribution in [0.5, 0.6) is 0 Å². The molecule has 2 rings (SSSR count). The molecule has 1 aromatic rings. The van der Waals surface area contributed by atoms with Crippen LogP contribution < -0.4 is 10.2 Å². The Kier molecular flexibility index (Phi) is 6.74. The molecule has 0 amide bonds. The van der Waals surface area contributed by atoms with Gasteiger partial charge in [0.25, 0.3) is 0 Å². The van der Waals surface area contributed by atoms with Gasteiger partial charge in [0, 0.05) is 19.3 Å². The van der Waals surface area contributed by atoms with Crippen molar-refractivity contribution in [1.82, 2.24) is 5.32 Å². The summed E-state index contributed by atoms with van der Waals surface area (Å²) in [4.78, 5) is 7.38. The summed E-state index contributed by atoms with van der Waals surface area (Å²) < 4.78 is 12.8. The van der Waals surface area contributed by atoms with Gasteiger partial charge in [-0.15, -0.1) is 0 Å². The number of para-hydroxylation sites is 1. The fourth-order valence-electron chi connectivity index (χ4n) is 2.76. The Morgan fingerprint density at radius 1 is 1.32 bits per heavy atom. The topological polar surface area (TPSA) is 44.7 Å². The third-order valence-electron chi connectivity index (χ3n) is 4.34. The van der Waals surface area contributed by atoms with Gasteiger partial charge in [0.05, 0.1) is 16.6 Å². The first-order chi connectivity index (χ1) is 11.7. The number of aliphatic imine (C=N–C) groups is 1. The number of anilines is 1. The lowest BCUT2D eigenvalue weighted by Crippen LogP contribution is -2.34. The van der Waals surface area contributed by atoms with Crippen LogP contribution in [0.4, 0.5) is 5.69 Å². The molecule has 0 aromatic heterocycles. The van der Waals surface area contributed by atoms with E-state index >= 15 is 0 Å². The van der Waals surface area contributed by atoms with Crippen molar-refractivity contribution in [3.05, 3.63) is 29.8 Å². The predicted molar refractivity (Wildman–Crippen MR) is 113 cm³/mol. The van der Waals surface area contributed by atoms with E-state index in [0.29, 0.717) is 15.9 Å². The third kappa shape index (κ3) is 5.35. The van der Waals surface area contributed by atoms with Crippen molar-refractivity contribution >= 4 is 38.9 Å². The molecule has 6 heteroatoms. The number of rotatable bonds is 7. The molecular weight excluding hydrogens is 350 g/mol. The van der Waals surface area contributed by atoms with Crippen LogP contribution in [0.25, 0.3) is 0 Å². The van der Waals surface area contributed by atoms with E-state index in [9.17, 15) is 4.21 Å². The van der Waals surface area contributed by atoms with Crippen LogP contribution in [0.2, 0.25) is 0 Å². The van der Waals surface area contributed by atoms with Crippen LogP contribution >= 0.6 is 12.2 Å². The molecule has 4 nitrogen and oxygen atoms in total. The van der Waals surface area contributed by atoms with E-state index in [-0.39, 0.29) is 0 Å². The highest BCUT2D eigenvalue weighted by atomic mass is 32.2. The maximum Gasteiger partial charge on any atom is 0.193 e. The van der Waals surface area contributed by atoms with E-state index in [1.807, 2.05) is 32.0 Å². The van der Waals surface area contributed by atoms with Crippen molar-refractivity contribution in [3.63, 3.8) is 0 Å². The summed E-state index contributed by atoms with van der Waals surface area (Å²) in [5.74, 6) is 1.16. The molecule has 0 fully saturated rings. The molecule has 25 heavy (non-hydrogen) atoms. The lowest BCUT2D eigenvalue weighted by Gasteiger charge is -2.23. The minimum atomic E-state index is -1.23. The molecule has 1 aliphatic rings. The van der Waals surface area contributed by atoms with Crippen molar-refractivity contribution in [2.24, 2.45) is 10.9 Å². The summed E-state index contributed by atoms with van der Waals surface area (Å²) in [5, 5.41) is 3.52. The van der Waals surface area contributed by atoms with Crippen molar-refractivity contribution in [2.45, 2.75) is 51.8 Å². The van der Waals surface area contributed by atoms with E-state index < -0.39 is 16.3 Å². The monoisotopic (exact) mass is 379 g/mol. The molecule has 1 atom stereocenters. The van der Waals surface area contributed by atoms with Gasteiger partial charge in [0.2, 0.25) is 0 Å². The number of nitrogens with zero attached hydrogens (tertiary/aromatic N) is 2. The maximum atomic E-state index is 12.8. The average Bonchev–Trinajstić information content (AvgIpc) is 2.81. The number of benzene rings is 1. The van der Waals surface area contributed by atoms with Gasteiger partial charge in [-0.05, 0) is 44.2 Å². The lowest BCUT2D eigenvalue weighted by atomic mass is 10.1. The molecule has 0 radical (unpaired) electrons. The first-order valence-electron chi connectivity index (χ1n) is 8.79. The first-order valence-corrected chi connectivity index (χ1v) is 10.5. The van der Waals surface area contributed by atoms with Gasteiger partial charge in [0.15, 0.2) is 5.17 Å². The highest BCUT2D eigenvalue weighted by Gasteiger charge is 2.32. The van der Waals surface area contributed by atoms with Crippen LogP contribution in [0.3, 0.4) is 0 Å². The molecule has 0 bridgehead atoms. The number of nitrogens with one attached hydrogen (secondary N) is 1. The fraction of sp³-hybridized carbons (Fsp3) is 0.579. The second-order valence-electron chi connectivity index (χ2n) is 7.51. The summed E-state index contributed by atoms with van der Waals surface area (Å²) in [6.07, 6.45) is 2.37. The third-order valence-corrected chi connectivity index (χ3v) is 6.14. The average molecular weight is 380 g/mol. The van der Waals surface area contributed by atoms with Crippen LogP contribution in [0.1, 0.15) is 46.1 Å². The van der Waals surface area contributed by atoms with Crippen molar-refractivity contribution in [1.29, 1.82) is 0 Å². The standard InChI is InChI=1S/C19H29N3OS2/c1-14(2)9-8-12-22(5)16-11-7-6-10-15(16)13-25(23)18-20-17(24)19(3,4)21-18/h6-7,10-11,14H,8-9,12-13H2,1-5H3,(H,20,21,24). The first kappa shape index (κ1) is 20.0. The molecule has 0 spiro atoms. The second kappa shape index (κ2) is 8.41. The largest absolute Gasteiger partial charge is 0.374 e. The zero-order valence-electron chi connectivity index (χ0n) is 15.8. The Morgan fingerprint density at radius 3 is 2.60 bits per heavy atom. The summed E-state index contributed by atoms with van der Waals surface area (Å²) in [6.45, 7) is 9.36. The van der Waals surface area contributed by atoms with Crippen LogP contribution in [0, 0.1) is 5.92 Å². The number of hydrogen-bond donors (Lipinski definition) is 1. The SMILES string of the molecule is CC(C)CCCN(C)c1ccccc1CS(=O)C1=NC(C)(C)C(=S)N1. The Labute approximate surface area is 159 Å². The zero-order chi connectivity index (χ0) is 18.6. The Morgan fingerprint density at radius 2 is 2.00 bits per heavy atom. The van der Waals surface area contributed by atoms with Crippen LogP contribution in [-0.4, -0.2) is 33.5 Å². The van der Waals surface area contributed by atoms with Gasteiger partial charge in [-0.2, -0.15) is 0 Å². The van der Waals surface area contributed by atoms with Crippen molar-refractivity contribution in [2.75, 3.05) is 18.5 Å². The van der Waals surface area contributed by atoms with Crippen molar-refractivity contribution < 1.29 is 4.21 Å². The molecule has 0 saturated heterocycles.